The Bertz CT molecular complexity index is 840. The molecule has 112 valence electrons. The summed E-state index contributed by atoms with van der Waals surface area (Å²) >= 11 is 1.27. The topological polar surface area (TPSA) is 82.0 Å². The average Bonchev–Trinajstić information content (AvgIpc) is 2.85. The molecule has 1 aromatic carbocycles. The molecule has 0 saturated carbocycles. The molecule has 2 heterocycles. The summed E-state index contributed by atoms with van der Waals surface area (Å²) in [6.45, 7) is 2.12. The van der Waals surface area contributed by atoms with E-state index in [1.165, 1.54) is 11.3 Å². The van der Waals surface area contributed by atoms with Crippen LogP contribution in [-0.2, 0) is 6.42 Å². The number of fused-ring (bicyclic) bond motifs is 1. The van der Waals surface area contributed by atoms with E-state index in [1.54, 1.807) is 0 Å². The zero-order valence-corrected chi connectivity index (χ0v) is 13.1. The van der Waals surface area contributed by atoms with Crippen molar-refractivity contribution in [1.82, 2.24) is 4.98 Å². The van der Waals surface area contributed by atoms with Gasteiger partial charge in [0.2, 0.25) is 0 Å². The maximum atomic E-state index is 11.6. The van der Waals surface area contributed by atoms with Gasteiger partial charge in [0, 0.05) is 11.1 Å². The molecular weight excluding hydrogens is 294 g/mol. The van der Waals surface area contributed by atoms with Gasteiger partial charge in [-0.1, -0.05) is 43.7 Å². The average molecular weight is 311 g/mol. The summed E-state index contributed by atoms with van der Waals surface area (Å²) in [5.41, 5.74) is 15.1. The van der Waals surface area contributed by atoms with Gasteiger partial charge in [-0.05, 0) is 23.6 Å². The zero-order valence-electron chi connectivity index (χ0n) is 12.3. The summed E-state index contributed by atoms with van der Waals surface area (Å²) < 4.78 is 0. The second kappa shape index (κ2) is 5.77. The van der Waals surface area contributed by atoms with E-state index in [0.29, 0.717) is 10.6 Å². The van der Waals surface area contributed by atoms with Crippen molar-refractivity contribution in [3.05, 3.63) is 47.0 Å². The first-order valence-electron chi connectivity index (χ1n) is 7.19. The van der Waals surface area contributed by atoms with Crippen LogP contribution in [0.5, 0.6) is 0 Å². The van der Waals surface area contributed by atoms with Crippen molar-refractivity contribution in [3.8, 4) is 11.1 Å². The number of hydrogen-bond donors (Lipinski definition) is 2. The van der Waals surface area contributed by atoms with Gasteiger partial charge in [0.05, 0.1) is 5.69 Å². The summed E-state index contributed by atoms with van der Waals surface area (Å²) in [6, 6.07) is 12.1. The first-order valence-corrected chi connectivity index (χ1v) is 8.00. The highest BCUT2D eigenvalue weighted by Gasteiger charge is 2.19. The number of thiophene rings is 1. The summed E-state index contributed by atoms with van der Waals surface area (Å²) in [7, 11) is 0. The Morgan fingerprint density at radius 3 is 2.64 bits per heavy atom. The molecule has 0 aliphatic rings. The smallest absolute Gasteiger partial charge is 0.260 e. The van der Waals surface area contributed by atoms with Crippen LogP contribution in [0.3, 0.4) is 0 Å². The van der Waals surface area contributed by atoms with Gasteiger partial charge in [-0.15, -0.1) is 11.3 Å². The van der Waals surface area contributed by atoms with Gasteiger partial charge < -0.3 is 11.5 Å². The number of benzene rings is 1. The van der Waals surface area contributed by atoms with Crippen LogP contribution in [0.25, 0.3) is 21.3 Å². The highest BCUT2D eigenvalue weighted by molar-refractivity contribution is 7.21. The number of primary amides is 1. The van der Waals surface area contributed by atoms with Crippen LogP contribution in [0, 0.1) is 0 Å². The number of pyridine rings is 1. The minimum absolute atomic E-state index is 0.383. The lowest BCUT2D eigenvalue weighted by atomic mass is 10.0. The molecule has 4 nitrogen and oxygen atoms in total. The standard InChI is InChI=1S/C17H17N3OS/c1-2-6-11-9-12(10-7-4-3-5-8-10)13-14(18)15(16(19)21)22-17(13)20-11/h3-5,7-9H,2,6,18H2,1H3,(H2,19,21). The second-order valence-electron chi connectivity index (χ2n) is 5.17. The molecule has 3 rings (SSSR count). The number of aryl methyl sites for hydroxylation is 1. The predicted octanol–water partition coefficient (Wildman–Crippen LogP) is 3.60. The first kappa shape index (κ1) is 14.5. The van der Waals surface area contributed by atoms with Crippen LogP contribution in [0.2, 0.25) is 0 Å². The SMILES string of the molecule is CCCc1cc(-c2ccccc2)c2c(N)c(C(N)=O)sc2n1. The number of nitrogens with two attached hydrogens (primary N) is 2. The van der Waals surface area contributed by atoms with E-state index in [1.807, 2.05) is 30.3 Å². The molecule has 0 fully saturated rings. The van der Waals surface area contributed by atoms with E-state index in [0.717, 1.165) is 39.9 Å². The van der Waals surface area contributed by atoms with Gasteiger partial charge in [0.1, 0.15) is 9.71 Å². The number of nitrogens with zero attached hydrogens (tertiary/aromatic N) is 1. The minimum atomic E-state index is -0.503. The van der Waals surface area contributed by atoms with Crippen molar-refractivity contribution in [2.24, 2.45) is 5.73 Å². The van der Waals surface area contributed by atoms with Gasteiger partial charge in [0.15, 0.2) is 0 Å². The third-order valence-corrected chi connectivity index (χ3v) is 4.68. The van der Waals surface area contributed by atoms with Crippen molar-refractivity contribution in [2.45, 2.75) is 19.8 Å². The van der Waals surface area contributed by atoms with Crippen LogP contribution < -0.4 is 11.5 Å². The Kier molecular flexibility index (Phi) is 3.81. The third kappa shape index (κ3) is 2.44. The number of nitrogen functional groups attached to an aromatic ring is 1. The Morgan fingerprint density at radius 1 is 1.27 bits per heavy atom. The number of carbonyl (C=O) groups is 1. The van der Waals surface area contributed by atoms with E-state index in [9.17, 15) is 4.79 Å². The number of anilines is 1. The van der Waals surface area contributed by atoms with Gasteiger partial charge in [-0.25, -0.2) is 4.98 Å². The van der Waals surface area contributed by atoms with Crippen LogP contribution >= 0.6 is 11.3 Å². The second-order valence-corrected chi connectivity index (χ2v) is 6.17. The van der Waals surface area contributed by atoms with E-state index < -0.39 is 5.91 Å². The Hall–Kier alpha value is -2.40. The molecule has 5 heteroatoms. The normalized spacial score (nSPS) is 11.0. The van der Waals surface area contributed by atoms with Crippen LogP contribution in [0.15, 0.2) is 36.4 Å². The largest absolute Gasteiger partial charge is 0.397 e. The fourth-order valence-electron chi connectivity index (χ4n) is 2.58. The summed E-state index contributed by atoms with van der Waals surface area (Å²) in [5.74, 6) is -0.503. The lowest BCUT2D eigenvalue weighted by molar-refractivity contribution is 0.100. The number of rotatable bonds is 4. The Labute approximate surface area is 132 Å². The Balaban J connectivity index is 2.34. The van der Waals surface area contributed by atoms with E-state index in [-0.39, 0.29) is 0 Å². The van der Waals surface area contributed by atoms with Gasteiger partial charge in [-0.2, -0.15) is 0 Å². The lowest BCUT2D eigenvalue weighted by Crippen LogP contribution is -2.10. The lowest BCUT2D eigenvalue weighted by Gasteiger charge is -2.08. The zero-order chi connectivity index (χ0) is 15.7. The highest BCUT2D eigenvalue weighted by Crippen LogP contribution is 2.39. The molecular formula is C17H17N3OS. The van der Waals surface area contributed by atoms with Crippen molar-refractivity contribution in [3.63, 3.8) is 0 Å². The van der Waals surface area contributed by atoms with E-state index in [2.05, 4.69) is 18.0 Å². The van der Waals surface area contributed by atoms with Crippen molar-refractivity contribution < 1.29 is 4.79 Å². The fraction of sp³-hybridized carbons (Fsp3) is 0.176. The van der Waals surface area contributed by atoms with Gasteiger partial charge in [0.25, 0.3) is 5.91 Å². The summed E-state index contributed by atoms with van der Waals surface area (Å²) in [4.78, 5) is 17.4. The van der Waals surface area contributed by atoms with E-state index >= 15 is 0 Å². The van der Waals surface area contributed by atoms with Crippen molar-refractivity contribution in [1.29, 1.82) is 0 Å². The van der Waals surface area contributed by atoms with Crippen LogP contribution in [0.4, 0.5) is 5.69 Å². The molecule has 1 amide bonds. The number of aromatic nitrogens is 1. The fourth-order valence-corrected chi connectivity index (χ4v) is 3.58. The predicted molar refractivity (Wildman–Crippen MR) is 92.0 cm³/mol. The van der Waals surface area contributed by atoms with Crippen LogP contribution in [0.1, 0.15) is 28.7 Å². The number of carbonyl (C=O) groups excluding carboxylic acids is 1. The molecule has 0 atom stereocenters. The highest BCUT2D eigenvalue weighted by atomic mass is 32.1. The minimum Gasteiger partial charge on any atom is -0.397 e. The molecule has 0 aliphatic carbocycles. The molecule has 0 radical (unpaired) electrons. The third-order valence-electron chi connectivity index (χ3n) is 3.57. The van der Waals surface area contributed by atoms with E-state index in [4.69, 9.17) is 11.5 Å². The molecule has 0 spiro atoms. The van der Waals surface area contributed by atoms with Gasteiger partial charge in [-0.3, -0.25) is 4.79 Å². The molecule has 0 bridgehead atoms. The molecule has 3 aromatic rings. The molecule has 22 heavy (non-hydrogen) atoms. The molecule has 2 aromatic heterocycles. The van der Waals surface area contributed by atoms with Crippen molar-refractivity contribution in [2.75, 3.05) is 5.73 Å². The molecule has 4 N–H and O–H groups in total. The van der Waals surface area contributed by atoms with Crippen molar-refractivity contribution >= 4 is 33.1 Å². The van der Waals surface area contributed by atoms with Crippen LogP contribution in [-0.4, -0.2) is 10.9 Å². The molecule has 0 saturated heterocycles. The Morgan fingerprint density at radius 2 is 2.00 bits per heavy atom. The summed E-state index contributed by atoms with van der Waals surface area (Å²) in [5, 5.41) is 0.824. The monoisotopic (exact) mass is 311 g/mol. The number of hydrogen-bond acceptors (Lipinski definition) is 4. The first-order chi connectivity index (χ1) is 10.6. The molecule has 0 aliphatic heterocycles. The maximum Gasteiger partial charge on any atom is 0.260 e. The molecule has 0 unspecified atom stereocenters. The quantitative estimate of drug-likeness (QED) is 0.772. The summed E-state index contributed by atoms with van der Waals surface area (Å²) in [6.07, 6.45) is 1.90. The van der Waals surface area contributed by atoms with Gasteiger partial charge >= 0.3 is 0 Å². The number of amides is 1. The maximum absolute atomic E-state index is 11.6.